The van der Waals surface area contributed by atoms with E-state index in [9.17, 15) is 13.2 Å². The van der Waals surface area contributed by atoms with Gasteiger partial charge >= 0.3 is 6.18 Å². The molecule has 0 aliphatic heterocycles. The Morgan fingerprint density at radius 3 is 2.50 bits per heavy atom. The first-order chi connectivity index (χ1) is 9.32. The maximum atomic E-state index is 13.1. The molecule has 5 heteroatoms. The third-order valence-electron chi connectivity index (χ3n) is 3.99. The summed E-state index contributed by atoms with van der Waals surface area (Å²) in [5, 5.41) is 2.78. The Bertz CT molecular complexity index is 471. The zero-order valence-electron chi connectivity index (χ0n) is 12.1. The first kappa shape index (κ1) is 15.2. The van der Waals surface area contributed by atoms with Crippen molar-refractivity contribution in [3.63, 3.8) is 0 Å². The van der Waals surface area contributed by atoms with Crippen molar-refractivity contribution in [2.24, 2.45) is 11.8 Å². The van der Waals surface area contributed by atoms with Gasteiger partial charge in [0.25, 0.3) is 0 Å². The highest BCUT2D eigenvalue weighted by atomic mass is 19.4. The van der Waals surface area contributed by atoms with Crippen molar-refractivity contribution in [2.75, 3.05) is 25.5 Å². The topological polar surface area (TPSA) is 15.3 Å². The maximum Gasteiger partial charge on any atom is 0.416 e. The highest BCUT2D eigenvalue weighted by Gasteiger charge is 2.35. The summed E-state index contributed by atoms with van der Waals surface area (Å²) in [4.78, 5) is 1.92. The molecule has 0 bridgehead atoms. The monoisotopic (exact) mass is 286 g/mol. The number of hydrogen-bond acceptors (Lipinski definition) is 2. The minimum Gasteiger partial charge on any atom is -0.374 e. The van der Waals surface area contributed by atoms with Crippen molar-refractivity contribution in [2.45, 2.75) is 26.1 Å². The van der Waals surface area contributed by atoms with E-state index in [2.05, 4.69) is 12.2 Å². The summed E-state index contributed by atoms with van der Waals surface area (Å²) >= 11 is 0. The summed E-state index contributed by atoms with van der Waals surface area (Å²) in [5.74, 6) is 1.31. The molecular formula is C15H21F3N2. The van der Waals surface area contributed by atoms with Crippen LogP contribution >= 0.6 is 0 Å². The third-order valence-corrected chi connectivity index (χ3v) is 3.99. The Morgan fingerprint density at radius 2 is 2.00 bits per heavy atom. The van der Waals surface area contributed by atoms with E-state index in [4.69, 9.17) is 0 Å². The van der Waals surface area contributed by atoms with E-state index in [1.165, 1.54) is 12.5 Å². The second kappa shape index (κ2) is 5.64. The van der Waals surface area contributed by atoms with Gasteiger partial charge < -0.3 is 10.2 Å². The van der Waals surface area contributed by atoms with Gasteiger partial charge in [0.05, 0.1) is 5.56 Å². The summed E-state index contributed by atoms with van der Waals surface area (Å²) in [6.07, 6.45) is -3.13. The molecule has 20 heavy (non-hydrogen) atoms. The molecule has 0 heterocycles. The SMILES string of the molecule is CNCc1ccc(N(C)CC2CC2C)cc1C(F)(F)F. The fraction of sp³-hybridized carbons (Fsp3) is 0.600. The molecule has 1 saturated carbocycles. The van der Waals surface area contributed by atoms with Crippen molar-refractivity contribution in [1.82, 2.24) is 5.32 Å². The van der Waals surface area contributed by atoms with Crippen LogP contribution in [0.15, 0.2) is 18.2 Å². The van der Waals surface area contributed by atoms with Crippen LogP contribution in [0, 0.1) is 11.8 Å². The highest BCUT2D eigenvalue weighted by molar-refractivity contribution is 5.51. The third kappa shape index (κ3) is 3.45. The quantitative estimate of drug-likeness (QED) is 0.891. The zero-order valence-corrected chi connectivity index (χ0v) is 12.1. The number of benzene rings is 1. The van der Waals surface area contributed by atoms with Gasteiger partial charge in [0.15, 0.2) is 0 Å². The molecule has 112 valence electrons. The van der Waals surface area contributed by atoms with Gasteiger partial charge in [-0.25, -0.2) is 0 Å². The summed E-state index contributed by atoms with van der Waals surface area (Å²) in [5.41, 5.74) is 0.383. The standard InChI is InChI=1S/C15H21F3N2/c1-10-6-12(10)9-20(3)13-5-4-11(8-19-2)14(7-13)15(16,17)18/h4-5,7,10,12,19H,6,8-9H2,1-3H3. The molecule has 0 spiro atoms. The van der Waals surface area contributed by atoms with Crippen LogP contribution in [0.5, 0.6) is 0 Å². The second-order valence-electron chi connectivity index (χ2n) is 5.72. The van der Waals surface area contributed by atoms with E-state index in [1.807, 2.05) is 11.9 Å². The van der Waals surface area contributed by atoms with Crippen LogP contribution in [-0.4, -0.2) is 20.6 Å². The van der Waals surface area contributed by atoms with Crippen LogP contribution < -0.4 is 10.2 Å². The Labute approximate surface area is 118 Å². The lowest BCUT2D eigenvalue weighted by Crippen LogP contribution is -2.22. The van der Waals surface area contributed by atoms with Gasteiger partial charge in [-0.2, -0.15) is 13.2 Å². The minimum atomic E-state index is -4.31. The van der Waals surface area contributed by atoms with E-state index in [1.54, 1.807) is 19.2 Å². The predicted octanol–water partition coefficient (Wildman–Crippen LogP) is 3.52. The Kier molecular flexibility index (Phi) is 4.28. The maximum absolute atomic E-state index is 13.1. The normalized spacial score (nSPS) is 21.9. The lowest BCUT2D eigenvalue weighted by Gasteiger charge is -2.22. The van der Waals surface area contributed by atoms with Gasteiger partial charge in [-0.1, -0.05) is 13.0 Å². The van der Waals surface area contributed by atoms with Gasteiger partial charge in [0, 0.05) is 25.8 Å². The number of hydrogen-bond donors (Lipinski definition) is 1. The molecule has 1 N–H and O–H groups in total. The number of rotatable bonds is 5. The molecule has 2 nitrogen and oxygen atoms in total. The highest BCUT2D eigenvalue weighted by Crippen LogP contribution is 2.39. The lowest BCUT2D eigenvalue weighted by atomic mass is 10.1. The first-order valence-electron chi connectivity index (χ1n) is 6.88. The molecule has 1 fully saturated rings. The molecule has 2 atom stereocenters. The van der Waals surface area contributed by atoms with Crippen molar-refractivity contribution >= 4 is 5.69 Å². The van der Waals surface area contributed by atoms with E-state index >= 15 is 0 Å². The van der Waals surface area contributed by atoms with Crippen LogP contribution in [0.2, 0.25) is 0 Å². The number of anilines is 1. The van der Waals surface area contributed by atoms with Crippen LogP contribution in [0.3, 0.4) is 0 Å². The van der Waals surface area contributed by atoms with E-state index in [-0.39, 0.29) is 12.1 Å². The van der Waals surface area contributed by atoms with E-state index < -0.39 is 11.7 Å². The van der Waals surface area contributed by atoms with Gasteiger partial charge in [-0.3, -0.25) is 0 Å². The van der Waals surface area contributed by atoms with E-state index in [0.29, 0.717) is 17.5 Å². The fourth-order valence-corrected chi connectivity index (χ4v) is 2.52. The number of alkyl halides is 3. The van der Waals surface area contributed by atoms with Gasteiger partial charge in [0.1, 0.15) is 0 Å². The van der Waals surface area contributed by atoms with E-state index in [0.717, 1.165) is 6.54 Å². The molecule has 1 aromatic rings. The molecule has 0 saturated heterocycles. The molecule has 1 aromatic carbocycles. The number of halogens is 3. The molecule has 0 amide bonds. The average molecular weight is 286 g/mol. The second-order valence-corrected chi connectivity index (χ2v) is 5.72. The minimum absolute atomic E-state index is 0.221. The van der Waals surface area contributed by atoms with Crippen LogP contribution in [0.25, 0.3) is 0 Å². The van der Waals surface area contributed by atoms with Gasteiger partial charge in [-0.15, -0.1) is 0 Å². The summed E-state index contributed by atoms with van der Waals surface area (Å²) in [7, 11) is 3.51. The Balaban J connectivity index is 2.22. The average Bonchev–Trinajstić information content (AvgIpc) is 3.04. The molecule has 1 aliphatic carbocycles. The van der Waals surface area contributed by atoms with Crippen LogP contribution in [0.4, 0.5) is 18.9 Å². The number of nitrogens with one attached hydrogen (secondary N) is 1. The summed E-state index contributed by atoms with van der Waals surface area (Å²) < 4.78 is 39.3. The van der Waals surface area contributed by atoms with Gasteiger partial charge in [-0.05, 0) is 43.0 Å². The Morgan fingerprint density at radius 1 is 1.35 bits per heavy atom. The zero-order chi connectivity index (χ0) is 14.9. The van der Waals surface area contributed by atoms with Crippen molar-refractivity contribution in [3.05, 3.63) is 29.3 Å². The van der Waals surface area contributed by atoms with Crippen molar-refractivity contribution in [3.8, 4) is 0 Å². The molecule has 1 aliphatic rings. The molecule has 2 rings (SSSR count). The number of nitrogens with zero attached hydrogens (tertiary/aromatic N) is 1. The van der Waals surface area contributed by atoms with Crippen LogP contribution in [-0.2, 0) is 12.7 Å². The summed E-state index contributed by atoms with van der Waals surface area (Å²) in [6.45, 7) is 3.22. The van der Waals surface area contributed by atoms with Crippen molar-refractivity contribution in [1.29, 1.82) is 0 Å². The molecular weight excluding hydrogens is 265 g/mol. The van der Waals surface area contributed by atoms with Gasteiger partial charge in [0.2, 0.25) is 0 Å². The Hall–Kier alpha value is -1.23. The van der Waals surface area contributed by atoms with Crippen LogP contribution in [0.1, 0.15) is 24.5 Å². The predicted molar refractivity (Wildman–Crippen MR) is 74.7 cm³/mol. The summed E-state index contributed by atoms with van der Waals surface area (Å²) in [6, 6.07) is 4.61. The lowest BCUT2D eigenvalue weighted by molar-refractivity contribution is -0.138. The van der Waals surface area contributed by atoms with Crippen molar-refractivity contribution < 1.29 is 13.2 Å². The molecule has 0 radical (unpaired) electrons. The molecule has 0 aromatic heterocycles. The first-order valence-corrected chi connectivity index (χ1v) is 6.88. The largest absolute Gasteiger partial charge is 0.416 e. The fourth-order valence-electron chi connectivity index (χ4n) is 2.52. The molecule has 2 unspecified atom stereocenters. The smallest absolute Gasteiger partial charge is 0.374 e.